The Morgan fingerprint density at radius 2 is 2.17 bits per heavy atom. The van der Waals surface area contributed by atoms with E-state index in [0.717, 1.165) is 35.3 Å². The minimum atomic E-state index is -0.0574. The van der Waals surface area contributed by atoms with Gasteiger partial charge in [0.15, 0.2) is 0 Å². The average molecular weight is 327 g/mol. The number of likely N-dealkylation sites (N-methyl/N-ethyl adjacent to an activating group) is 1. The molecule has 2 aromatic heterocycles. The zero-order chi connectivity index (χ0) is 16.0. The van der Waals surface area contributed by atoms with Crippen LogP contribution in [-0.4, -0.2) is 35.6 Å². The number of benzene rings is 1. The second-order valence-corrected chi connectivity index (χ2v) is 6.87. The van der Waals surface area contributed by atoms with Crippen molar-refractivity contribution in [2.24, 2.45) is 0 Å². The van der Waals surface area contributed by atoms with Crippen molar-refractivity contribution in [2.75, 3.05) is 20.7 Å². The molecule has 1 aliphatic heterocycles. The highest BCUT2D eigenvalue weighted by Gasteiger charge is 2.22. The maximum absolute atomic E-state index is 12.6. The van der Waals surface area contributed by atoms with Crippen LogP contribution in [0.4, 0.5) is 0 Å². The van der Waals surface area contributed by atoms with Gasteiger partial charge in [-0.2, -0.15) is 0 Å². The summed E-state index contributed by atoms with van der Waals surface area (Å²) in [5, 5.41) is 0.761. The second kappa shape index (κ2) is 5.47. The Bertz CT molecular complexity index is 945. The van der Waals surface area contributed by atoms with Crippen molar-refractivity contribution in [1.82, 2.24) is 14.9 Å². The summed E-state index contributed by atoms with van der Waals surface area (Å²) in [6.07, 6.45) is 0.907. The first-order valence-electron chi connectivity index (χ1n) is 7.54. The Labute approximate surface area is 137 Å². The Hall–Kier alpha value is -2.18. The molecular formula is C17H17N3O2S. The molecule has 1 aromatic carbocycles. The molecule has 0 saturated carbocycles. The van der Waals surface area contributed by atoms with Gasteiger partial charge in [-0.05, 0) is 31.2 Å². The molecule has 0 aliphatic carbocycles. The number of thiophene rings is 1. The van der Waals surface area contributed by atoms with Crippen molar-refractivity contribution < 1.29 is 4.74 Å². The highest BCUT2D eigenvalue weighted by atomic mass is 32.1. The first kappa shape index (κ1) is 14.4. The van der Waals surface area contributed by atoms with E-state index in [0.29, 0.717) is 11.6 Å². The third-order valence-corrected chi connectivity index (χ3v) is 5.37. The van der Waals surface area contributed by atoms with Gasteiger partial charge in [0.25, 0.3) is 5.56 Å². The average Bonchev–Trinajstić information content (AvgIpc) is 2.92. The van der Waals surface area contributed by atoms with Gasteiger partial charge in [0, 0.05) is 18.0 Å². The molecule has 1 N–H and O–H groups in total. The number of hydrogen-bond donors (Lipinski definition) is 1. The zero-order valence-corrected chi connectivity index (χ0v) is 13.9. The molecule has 0 saturated heterocycles. The highest BCUT2D eigenvalue weighted by Crippen LogP contribution is 2.34. The van der Waals surface area contributed by atoms with Crippen LogP contribution in [0.1, 0.15) is 10.4 Å². The van der Waals surface area contributed by atoms with Gasteiger partial charge >= 0.3 is 0 Å². The van der Waals surface area contributed by atoms with E-state index < -0.39 is 0 Å². The number of nitrogens with zero attached hydrogens (tertiary/aromatic N) is 2. The zero-order valence-electron chi connectivity index (χ0n) is 13.0. The fourth-order valence-corrected chi connectivity index (χ4v) is 4.40. The molecule has 3 heterocycles. The standard InChI is InChI=1S/C17H17N3O2S/c1-20-8-7-11-13(9-20)23-17-14(11)16(21)18-15(19-17)10-5-3-4-6-12(10)22-2/h3-6H,7-9H2,1-2H3,(H,18,19,21). The monoisotopic (exact) mass is 327 g/mol. The molecule has 1 aliphatic rings. The first-order chi connectivity index (χ1) is 11.2. The lowest BCUT2D eigenvalue weighted by molar-refractivity contribution is 0.318. The van der Waals surface area contributed by atoms with Gasteiger partial charge in [-0.25, -0.2) is 4.98 Å². The third-order valence-electron chi connectivity index (χ3n) is 4.26. The van der Waals surface area contributed by atoms with Crippen LogP contribution in [0.3, 0.4) is 0 Å². The van der Waals surface area contributed by atoms with Crippen LogP contribution in [0.25, 0.3) is 21.6 Å². The topological polar surface area (TPSA) is 58.2 Å². The number of para-hydroxylation sites is 1. The molecule has 0 unspecified atom stereocenters. The molecule has 0 amide bonds. The predicted octanol–water partition coefficient (Wildman–Crippen LogP) is 2.65. The first-order valence-corrected chi connectivity index (χ1v) is 8.35. The van der Waals surface area contributed by atoms with Gasteiger partial charge in [-0.1, -0.05) is 12.1 Å². The number of aromatic amines is 1. The Morgan fingerprint density at radius 3 is 3.00 bits per heavy atom. The summed E-state index contributed by atoms with van der Waals surface area (Å²) in [4.78, 5) is 24.6. The summed E-state index contributed by atoms with van der Waals surface area (Å²) in [5.41, 5.74) is 1.92. The number of hydrogen-bond acceptors (Lipinski definition) is 5. The van der Waals surface area contributed by atoms with E-state index in [-0.39, 0.29) is 5.56 Å². The highest BCUT2D eigenvalue weighted by molar-refractivity contribution is 7.18. The molecule has 6 heteroatoms. The van der Waals surface area contributed by atoms with Crippen molar-refractivity contribution in [2.45, 2.75) is 13.0 Å². The Balaban J connectivity index is 1.93. The van der Waals surface area contributed by atoms with E-state index in [1.54, 1.807) is 18.4 Å². The fraction of sp³-hybridized carbons (Fsp3) is 0.294. The predicted molar refractivity (Wildman–Crippen MR) is 92.3 cm³/mol. The minimum absolute atomic E-state index is 0.0574. The maximum Gasteiger partial charge on any atom is 0.260 e. The molecule has 3 aromatic rings. The van der Waals surface area contributed by atoms with Crippen LogP contribution >= 0.6 is 11.3 Å². The van der Waals surface area contributed by atoms with Crippen molar-refractivity contribution in [3.05, 3.63) is 45.1 Å². The number of methoxy groups -OCH3 is 1. The number of nitrogens with one attached hydrogen (secondary N) is 1. The van der Waals surface area contributed by atoms with Gasteiger partial charge < -0.3 is 14.6 Å². The summed E-state index contributed by atoms with van der Waals surface area (Å²) < 4.78 is 5.38. The molecule has 0 radical (unpaired) electrons. The summed E-state index contributed by atoms with van der Waals surface area (Å²) in [6.45, 7) is 1.87. The second-order valence-electron chi connectivity index (χ2n) is 5.79. The largest absolute Gasteiger partial charge is 0.496 e. The van der Waals surface area contributed by atoms with Crippen molar-refractivity contribution >= 4 is 21.6 Å². The Kier molecular flexibility index (Phi) is 3.43. The summed E-state index contributed by atoms with van der Waals surface area (Å²) in [7, 11) is 3.72. The molecular weight excluding hydrogens is 310 g/mol. The fourth-order valence-electron chi connectivity index (χ4n) is 3.10. The molecule has 0 spiro atoms. The van der Waals surface area contributed by atoms with Crippen LogP contribution in [-0.2, 0) is 13.0 Å². The number of fused-ring (bicyclic) bond motifs is 3. The van der Waals surface area contributed by atoms with Gasteiger partial charge in [0.1, 0.15) is 16.4 Å². The van der Waals surface area contributed by atoms with Crippen LogP contribution in [0.5, 0.6) is 5.75 Å². The lowest BCUT2D eigenvalue weighted by Gasteiger charge is -2.21. The van der Waals surface area contributed by atoms with Crippen molar-refractivity contribution in [3.63, 3.8) is 0 Å². The lowest BCUT2D eigenvalue weighted by atomic mass is 10.1. The SMILES string of the molecule is COc1ccccc1-c1nc2sc3c(c2c(=O)[nH]1)CCN(C)C3. The van der Waals surface area contributed by atoms with E-state index in [1.807, 2.05) is 24.3 Å². The molecule has 5 nitrogen and oxygen atoms in total. The smallest absolute Gasteiger partial charge is 0.260 e. The number of rotatable bonds is 2. The molecule has 23 heavy (non-hydrogen) atoms. The quantitative estimate of drug-likeness (QED) is 0.786. The van der Waals surface area contributed by atoms with Crippen molar-refractivity contribution in [1.29, 1.82) is 0 Å². The maximum atomic E-state index is 12.6. The molecule has 0 fully saturated rings. The van der Waals surface area contributed by atoms with Crippen molar-refractivity contribution in [3.8, 4) is 17.1 Å². The summed E-state index contributed by atoms with van der Waals surface area (Å²) in [5.74, 6) is 1.27. The van der Waals surface area contributed by atoms with Crippen LogP contribution in [0.2, 0.25) is 0 Å². The van der Waals surface area contributed by atoms with E-state index in [2.05, 4.69) is 16.9 Å². The van der Waals surface area contributed by atoms with Gasteiger partial charge in [0.2, 0.25) is 0 Å². The van der Waals surface area contributed by atoms with Crippen LogP contribution in [0.15, 0.2) is 29.1 Å². The van der Waals surface area contributed by atoms with E-state index in [4.69, 9.17) is 9.72 Å². The number of aromatic nitrogens is 2. The lowest BCUT2D eigenvalue weighted by Crippen LogP contribution is -2.25. The van der Waals surface area contributed by atoms with E-state index >= 15 is 0 Å². The van der Waals surface area contributed by atoms with Crippen LogP contribution < -0.4 is 10.3 Å². The van der Waals surface area contributed by atoms with Gasteiger partial charge in [-0.3, -0.25) is 4.79 Å². The number of ether oxygens (including phenoxy) is 1. The van der Waals surface area contributed by atoms with Crippen LogP contribution in [0, 0.1) is 0 Å². The summed E-state index contributed by atoms with van der Waals surface area (Å²) in [6, 6.07) is 7.59. The van der Waals surface area contributed by atoms with E-state index in [1.165, 1.54) is 10.4 Å². The Morgan fingerprint density at radius 1 is 1.35 bits per heavy atom. The minimum Gasteiger partial charge on any atom is -0.496 e. The molecule has 4 rings (SSSR count). The third kappa shape index (κ3) is 2.34. The molecule has 0 bridgehead atoms. The van der Waals surface area contributed by atoms with E-state index in [9.17, 15) is 4.79 Å². The normalized spacial score (nSPS) is 14.9. The van der Waals surface area contributed by atoms with Gasteiger partial charge in [0.05, 0.1) is 18.1 Å². The summed E-state index contributed by atoms with van der Waals surface area (Å²) >= 11 is 1.63. The van der Waals surface area contributed by atoms with Gasteiger partial charge in [-0.15, -0.1) is 11.3 Å². The number of H-pyrrole nitrogens is 1. The molecule has 0 atom stereocenters. The molecule has 118 valence electrons.